The third-order valence-corrected chi connectivity index (χ3v) is 5.25. The predicted molar refractivity (Wildman–Crippen MR) is 85.7 cm³/mol. The van der Waals surface area contributed by atoms with Crippen molar-refractivity contribution in [3.63, 3.8) is 0 Å². The molecule has 0 saturated carbocycles. The molecule has 2 aliphatic rings. The molecule has 0 unspecified atom stereocenters. The standard InChI is InChI=1S/C17H20N4O3/c1-2-4-14-11-7-12(15-5-3-6-16(22)21(14)15)10-20(9-11)17(23)13-8-18-24-19-13/h3,5-6,8,11-12,14H,2,4,7,9-10H2,1H3/t11-,12+,14-/m0/s1. The van der Waals surface area contributed by atoms with Gasteiger partial charge in [-0.25, -0.2) is 4.63 Å². The lowest BCUT2D eigenvalue weighted by atomic mass is 9.77. The van der Waals surface area contributed by atoms with Crippen molar-refractivity contribution in [2.45, 2.75) is 38.1 Å². The number of hydrogen-bond donors (Lipinski definition) is 0. The fourth-order valence-electron chi connectivity index (χ4n) is 4.29. The van der Waals surface area contributed by atoms with Crippen LogP contribution in [0.4, 0.5) is 0 Å². The molecule has 24 heavy (non-hydrogen) atoms. The van der Waals surface area contributed by atoms with Crippen molar-refractivity contribution in [2.75, 3.05) is 13.1 Å². The van der Waals surface area contributed by atoms with Gasteiger partial charge in [-0.15, -0.1) is 0 Å². The van der Waals surface area contributed by atoms with Crippen molar-refractivity contribution in [1.82, 2.24) is 19.8 Å². The molecule has 2 aromatic heterocycles. The SMILES string of the molecule is CCC[C@H]1[C@H]2C[C@H](CN(C(=O)c3cnon3)C2)c2cccc(=O)n21. The zero-order valence-corrected chi connectivity index (χ0v) is 13.6. The zero-order chi connectivity index (χ0) is 16.7. The van der Waals surface area contributed by atoms with Gasteiger partial charge >= 0.3 is 0 Å². The maximum Gasteiger partial charge on any atom is 0.277 e. The Morgan fingerprint density at radius 3 is 3.00 bits per heavy atom. The molecule has 126 valence electrons. The molecule has 0 radical (unpaired) electrons. The van der Waals surface area contributed by atoms with Crippen LogP contribution in [0.2, 0.25) is 0 Å². The Bertz CT molecular complexity index is 798. The van der Waals surface area contributed by atoms with E-state index in [1.165, 1.54) is 6.20 Å². The molecule has 4 heterocycles. The highest BCUT2D eigenvalue weighted by molar-refractivity contribution is 5.91. The number of hydrogen-bond acceptors (Lipinski definition) is 5. The highest BCUT2D eigenvalue weighted by Crippen LogP contribution is 2.42. The Morgan fingerprint density at radius 1 is 1.38 bits per heavy atom. The van der Waals surface area contributed by atoms with Gasteiger partial charge in [0, 0.05) is 36.8 Å². The maximum absolute atomic E-state index is 12.6. The van der Waals surface area contributed by atoms with Crippen LogP contribution in [0, 0.1) is 5.92 Å². The molecule has 7 heteroatoms. The van der Waals surface area contributed by atoms with E-state index in [-0.39, 0.29) is 29.1 Å². The Kier molecular flexibility index (Phi) is 3.70. The second kappa shape index (κ2) is 5.89. The molecule has 1 fully saturated rings. The number of aromatic nitrogens is 3. The Morgan fingerprint density at radius 2 is 2.25 bits per heavy atom. The number of pyridine rings is 1. The zero-order valence-electron chi connectivity index (χ0n) is 13.6. The van der Waals surface area contributed by atoms with Crippen LogP contribution < -0.4 is 5.56 Å². The van der Waals surface area contributed by atoms with E-state index < -0.39 is 0 Å². The van der Waals surface area contributed by atoms with Crippen molar-refractivity contribution in [1.29, 1.82) is 0 Å². The Balaban J connectivity index is 1.71. The number of piperidine rings is 1. The van der Waals surface area contributed by atoms with Gasteiger partial charge in [0.05, 0.1) is 0 Å². The van der Waals surface area contributed by atoms with Gasteiger partial charge in [0.2, 0.25) is 0 Å². The number of rotatable bonds is 3. The molecule has 2 bridgehead atoms. The molecule has 3 atom stereocenters. The number of likely N-dealkylation sites (tertiary alicyclic amines) is 1. The first kappa shape index (κ1) is 15.1. The van der Waals surface area contributed by atoms with E-state index in [1.807, 2.05) is 21.6 Å². The van der Waals surface area contributed by atoms with E-state index in [4.69, 9.17) is 0 Å². The van der Waals surface area contributed by atoms with Crippen LogP contribution in [0.1, 0.15) is 54.3 Å². The van der Waals surface area contributed by atoms with Crippen molar-refractivity contribution < 1.29 is 9.42 Å². The number of fused-ring (bicyclic) bond motifs is 4. The van der Waals surface area contributed by atoms with Crippen LogP contribution in [0.5, 0.6) is 0 Å². The first-order valence-electron chi connectivity index (χ1n) is 8.47. The van der Waals surface area contributed by atoms with E-state index in [0.717, 1.165) is 25.0 Å². The lowest BCUT2D eigenvalue weighted by Gasteiger charge is -2.46. The molecule has 0 aromatic carbocycles. The normalized spacial score (nSPS) is 25.4. The average molecular weight is 328 g/mol. The second-order valence-corrected chi connectivity index (χ2v) is 6.71. The highest BCUT2D eigenvalue weighted by Gasteiger charge is 2.41. The van der Waals surface area contributed by atoms with Crippen molar-refractivity contribution in [2.24, 2.45) is 5.92 Å². The van der Waals surface area contributed by atoms with Crippen LogP contribution in [-0.4, -0.2) is 38.8 Å². The average Bonchev–Trinajstić information content (AvgIpc) is 3.12. The minimum Gasteiger partial charge on any atom is -0.336 e. The van der Waals surface area contributed by atoms with Crippen LogP contribution in [0.3, 0.4) is 0 Å². The van der Waals surface area contributed by atoms with Gasteiger partial charge in [-0.05, 0) is 30.0 Å². The summed E-state index contributed by atoms with van der Waals surface area (Å²) in [6.45, 7) is 3.38. The fourth-order valence-corrected chi connectivity index (χ4v) is 4.29. The molecule has 0 spiro atoms. The molecule has 7 nitrogen and oxygen atoms in total. The summed E-state index contributed by atoms with van der Waals surface area (Å²) >= 11 is 0. The van der Waals surface area contributed by atoms with Crippen LogP contribution in [-0.2, 0) is 0 Å². The van der Waals surface area contributed by atoms with Crippen molar-refractivity contribution in [3.8, 4) is 0 Å². The third-order valence-electron chi connectivity index (χ3n) is 5.25. The first-order chi connectivity index (χ1) is 11.7. The van der Waals surface area contributed by atoms with Crippen LogP contribution in [0.15, 0.2) is 33.8 Å². The molecule has 1 amide bonds. The largest absolute Gasteiger partial charge is 0.336 e. The summed E-state index contributed by atoms with van der Waals surface area (Å²) in [5, 5.41) is 7.19. The molecular formula is C17H20N4O3. The van der Waals surface area contributed by atoms with Crippen LogP contribution in [0.25, 0.3) is 0 Å². The summed E-state index contributed by atoms with van der Waals surface area (Å²) in [6.07, 6.45) is 4.33. The second-order valence-electron chi connectivity index (χ2n) is 6.71. The summed E-state index contributed by atoms with van der Waals surface area (Å²) < 4.78 is 6.53. The molecule has 4 rings (SSSR count). The number of carbonyl (C=O) groups is 1. The summed E-state index contributed by atoms with van der Waals surface area (Å²) in [6, 6.07) is 5.63. The molecular weight excluding hydrogens is 308 g/mol. The lowest BCUT2D eigenvalue weighted by molar-refractivity contribution is 0.0509. The highest BCUT2D eigenvalue weighted by atomic mass is 16.6. The van der Waals surface area contributed by atoms with E-state index >= 15 is 0 Å². The van der Waals surface area contributed by atoms with Crippen molar-refractivity contribution in [3.05, 3.63) is 46.1 Å². The quantitative estimate of drug-likeness (QED) is 0.858. The van der Waals surface area contributed by atoms with Gasteiger partial charge < -0.3 is 9.47 Å². The Labute approximate surface area is 139 Å². The molecule has 0 aliphatic carbocycles. The number of amides is 1. The minimum atomic E-state index is -0.145. The maximum atomic E-state index is 12.6. The number of nitrogens with zero attached hydrogens (tertiary/aromatic N) is 4. The van der Waals surface area contributed by atoms with E-state index in [1.54, 1.807) is 6.07 Å². The topological polar surface area (TPSA) is 81.2 Å². The van der Waals surface area contributed by atoms with E-state index in [0.29, 0.717) is 19.0 Å². The predicted octanol–water partition coefficient (Wildman–Crippen LogP) is 1.83. The first-order valence-corrected chi connectivity index (χ1v) is 8.47. The molecule has 1 saturated heterocycles. The van der Waals surface area contributed by atoms with E-state index in [2.05, 4.69) is 21.9 Å². The van der Waals surface area contributed by atoms with E-state index in [9.17, 15) is 9.59 Å². The van der Waals surface area contributed by atoms with Gasteiger partial charge in [-0.3, -0.25) is 9.59 Å². The van der Waals surface area contributed by atoms with Crippen molar-refractivity contribution >= 4 is 5.91 Å². The van der Waals surface area contributed by atoms with Gasteiger partial charge in [-0.1, -0.05) is 24.6 Å². The number of carbonyl (C=O) groups excluding carboxylic acids is 1. The summed E-state index contributed by atoms with van der Waals surface area (Å²) in [7, 11) is 0. The molecule has 2 aliphatic heterocycles. The summed E-state index contributed by atoms with van der Waals surface area (Å²) in [4.78, 5) is 26.9. The van der Waals surface area contributed by atoms with Gasteiger partial charge in [0.15, 0.2) is 5.69 Å². The monoisotopic (exact) mass is 328 g/mol. The minimum absolute atomic E-state index is 0.0705. The van der Waals surface area contributed by atoms with Gasteiger partial charge in [0.1, 0.15) is 6.20 Å². The van der Waals surface area contributed by atoms with Gasteiger partial charge in [-0.2, -0.15) is 0 Å². The third kappa shape index (κ3) is 2.35. The molecule has 2 aromatic rings. The fraction of sp³-hybridized carbons (Fsp3) is 0.529. The summed E-state index contributed by atoms with van der Waals surface area (Å²) in [5.74, 6) is 0.336. The Hall–Kier alpha value is -2.44. The lowest BCUT2D eigenvalue weighted by Crippen LogP contribution is -2.51. The smallest absolute Gasteiger partial charge is 0.277 e. The van der Waals surface area contributed by atoms with Gasteiger partial charge in [0.25, 0.3) is 11.5 Å². The van der Waals surface area contributed by atoms with Crippen LogP contribution >= 0.6 is 0 Å². The molecule has 0 N–H and O–H groups in total. The summed E-state index contributed by atoms with van der Waals surface area (Å²) in [5.41, 5.74) is 1.36.